The van der Waals surface area contributed by atoms with Gasteiger partial charge in [-0.05, 0) is 49.7 Å². The number of aryl methyl sites for hydroxylation is 2. The van der Waals surface area contributed by atoms with E-state index in [1.54, 1.807) is 18.3 Å². The van der Waals surface area contributed by atoms with Gasteiger partial charge in [-0.2, -0.15) is 0 Å². The molecule has 3 rings (SSSR count). The van der Waals surface area contributed by atoms with Gasteiger partial charge < -0.3 is 14.5 Å². The zero-order valence-electron chi connectivity index (χ0n) is 11.6. The number of aromatic nitrogens is 1. The van der Waals surface area contributed by atoms with Crippen LogP contribution < -0.4 is 4.74 Å². The second-order valence-electron chi connectivity index (χ2n) is 4.73. The number of thiazole rings is 1. The van der Waals surface area contributed by atoms with E-state index in [1.165, 1.54) is 10.4 Å². The van der Waals surface area contributed by atoms with E-state index in [9.17, 15) is 4.79 Å². The van der Waals surface area contributed by atoms with Crippen molar-refractivity contribution in [1.29, 1.82) is 0 Å². The third kappa shape index (κ3) is 3.01. The molecule has 1 N–H and O–H groups in total. The van der Waals surface area contributed by atoms with Gasteiger partial charge in [-0.15, -0.1) is 11.3 Å². The maximum atomic E-state index is 11.3. The number of fused-ring (bicyclic) bond motifs is 3. The number of esters is 1. The first-order valence-corrected chi connectivity index (χ1v) is 8.03. The van der Waals surface area contributed by atoms with Crippen molar-refractivity contribution in [2.45, 2.75) is 19.8 Å². The molecule has 6 heteroatoms. The van der Waals surface area contributed by atoms with Gasteiger partial charge in [0.05, 0.1) is 12.3 Å². The Balaban J connectivity index is 1.84. The van der Waals surface area contributed by atoms with Gasteiger partial charge in [0.2, 0.25) is 0 Å². The molecule has 1 aliphatic carbocycles. The quantitative estimate of drug-likeness (QED) is 0.691. The van der Waals surface area contributed by atoms with Crippen LogP contribution in [0, 0.1) is 3.95 Å². The lowest BCUT2D eigenvalue weighted by molar-refractivity contribution is -0.145. The SMILES string of the molecule is CCOC(=O)COc1ccc2c(c1)-c1[nH]c(=S)sc1CC2. The third-order valence-electron chi connectivity index (χ3n) is 3.36. The molecule has 4 nitrogen and oxygen atoms in total. The maximum Gasteiger partial charge on any atom is 0.344 e. The van der Waals surface area contributed by atoms with Crippen LogP contribution in [0.4, 0.5) is 0 Å². The average molecular weight is 321 g/mol. The minimum Gasteiger partial charge on any atom is -0.482 e. The number of carbonyl (C=O) groups excluding carboxylic acids is 1. The first-order valence-electron chi connectivity index (χ1n) is 6.81. The van der Waals surface area contributed by atoms with Gasteiger partial charge in [-0.25, -0.2) is 4.79 Å². The highest BCUT2D eigenvalue weighted by Crippen LogP contribution is 2.37. The molecule has 0 fully saturated rings. The van der Waals surface area contributed by atoms with Gasteiger partial charge >= 0.3 is 5.97 Å². The molecule has 0 radical (unpaired) electrons. The lowest BCUT2D eigenvalue weighted by Crippen LogP contribution is -2.14. The summed E-state index contributed by atoms with van der Waals surface area (Å²) < 4.78 is 11.1. The van der Waals surface area contributed by atoms with Gasteiger partial charge in [-0.3, -0.25) is 0 Å². The molecule has 0 spiro atoms. The fourth-order valence-corrected chi connectivity index (χ4v) is 3.69. The number of benzene rings is 1. The summed E-state index contributed by atoms with van der Waals surface area (Å²) in [6.45, 7) is 2.07. The van der Waals surface area contributed by atoms with Crippen molar-refractivity contribution >= 4 is 29.5 Å². The molecule has 0 aliphatic heterocycles. The van der Waals surface area contributed by atoms with E-state index >= 15 is 0 Å². The molecular weight excluding hydrogens is 306 g/mol. The summed E-state index contributed by atoms with van der Waals surface area (Å²) in [5, 5.41) is 0. The first kappa shape index (κ1) is 14.3. The van der Waals surface area contributed by atoms with Crippen molar-refractivity contribution in [3.8, 4) is 17.0 Å². The highest BCUT2D eigenvalue weighted by Gasteiger charge is 2.19. The Bertz CT molecular complexity index is 733. The lowest BCUT2D eigenvalue weighted by Gasteiger charge is -2.17. The summed E-state index contributed by atoms with van der Waals surface area (Å²) in [5.41, 5.74) is 3.48. The maximum absolute atomic E-state index is 11.3. The molecule has 0 saturated carbocycles. The highest BCUT2D eigenvalue weighted by molar-refractivity contribution is 7.73. The van der Waals surface area contributed by atoms with Gasteiger partial charge in [0.1, 0.15) is 5.75 Å². The second-order valence-corrected chi connectivity index (χ2v) is 6.50. The summed E-state index contributed by atoms with van der Waals surface area (Å²) in [6.07, 6.45) is 2.02. The zero-order chi connectivity index (χ0) is 14.8. The van der Waals surface area contributed by atoms with Crippen molar-refractivity contribution in [2.24, 2.45) is 0 Å². The molecule has 21 heavy (non-hydrogen) atoms. The van der Waals surface area contributed by atoms with E-state index in [0.717, 1.165) is 28.1 Å². The predicted molar refractivity (Wildman–Crippen MR) is 84.5 cm³/mol. The van der Waals surface area contributed by atoms with E-state index < -0.39 is 0 Å². The lowest BCUT2D eigenvalue weighted by atomic mass is 9.93. The monoisotopic (exact) mass is 321 g/mol. The molecule has 1 heterocycles. The fourth-order valence-electron chi connectivity index (χ4n) is 2.44. The summed E-state index contributed by atoms with van der Waals surface area (Å²) in [6, 6.07) is 5.90. The number of carbonyl (C=O) groups is 1. The normalized spacial score (nSPS) is 12.4. The van der Waals surface area contributed by atoms with Crippen LogP contribution >= 0.6 is 23.6 Å². The van der Waals surface area contributed by atoms with E-state index in [-0.39, 0.29) is 12.6 Å². The predicted octanol–water partition coefficient (Wildman–Crippen LogP) is 3.51. The van der Waals surface area contributed by atoms with E-state index in [0.29, 0.717) is 12.4 Å². The van der Waals surface area contributed by atoms with Crippen LogP contribution in [-0.4, -0.2) is 24.2 Å². The van der Waals surface area contributed by atoms with Gasteiger partial charge in [0, 0.05) is 10.4 Å². The molecule has 2 aromatic rings. The second kappa shape index (κ2) is 5.99. The Labute approximate surface area is 131 Å². The standard InChI is InChI=1S/C15H15NO3S2/c1-2-18-13(17)8-19-10-5-3-9-4-6-12-14(11(9)7-10)16-15(20)21-12/h3,5,7H,2,4,6,8H2,1H3,(H,16,20). The number of H-pyrrole nitrogens is 1. The molecule has 110 valence electrons. The van der Waals surface area contributed by atoms with Crippen molar-refractivity contribution in [2.75, 3.05) is 13.2 Å². The molecule has 1 aromatic heterocycles. The summed E-state index contributed by atoms with van der Waals surface area (Å²) in [5.74, 6) is 0.311. The van der Waals surface area contributed by atoms with Crippen LogP contribution in [-0.2, 0) is 22.4 Å². The minimum atomic E-state index is -0.356. The highest BCUT2D eigenvalue weighted by atomic mass is 32.1. The Kier molecular flexibility index (Phi) is 4.07. The van der Waals surface area contributed by atoms with Crippen molar-refractivity contribution in [3.05, 3.63) is 32.6 Å². The van der Waals surface area contributed by atoms with Crippen LogP contribution in [0.15, 0.2) is 18.2 Å². The van der Waals surface area contributed by atoms with Crippen LogP contribution in [0.5, 0.6) is 5.75 Å². The van der Waals surface area contributed by atoms with E-state index in [2.05, 4.69) is 4.98 Å². The van der Waals surface area contributed by atoms with Crippen LogP contribution in [0.2, 0.25) is 0 Å². The molecule has 1 aromatic carbocycles. The molecular formula is C15H15NO3S2. The topological polar surface area (TPSA) is 51.3 Å². The molecule has 0 amide bonds. The van der Waals surface area contributed by atoms with Crippen LogP contribution in [0.3, 0.4) is 0 Å². The average Bonchev–Trinajstić information content (AvgIpc) is 2.86. The number of hydrogen-bond acceptors (Lipinski definition) is 5. The van der Waals surface area contributed by atoms with E-state index in [1.807, 2.05) is 18.2 Å². The Hall–Kier alpha value is -1.66. The number of hydrogen-bond donors (Lipinski definition) is 1. The van der Waals surface area contributed by atoms with Crippen molar-refractivity contribution in [1.82, 2.24) is 4.98 Å². The molecule has 0 atom stereocenters. The van der Waals surface area contributed by atoms with Gasteiger partial charge in [-0.1, -0.05) is 6.07 Å². The Morgan fingerprint density at radius 1 is 1.43 bits per heavy atom. The largest absolute Gasteiger partial charge is 0.482 e. The Morgan fingerprint density at radius 2 is 2.29 bits per heavy atom. The molecule has 0 bridgehead atoms. The minimum absolute atomic E-state index is 0.0703. The van der Waals surface area contributed by atoms with Crippen molar-refractivity contribution < 1.29 is 14.3 Å². The summed E-state index contributed by atoms with van der Waals surface area (Å²) in [4.78, 5) is 15.9. The van der Waals surface area contributed by atoms with Crippen LogP contribution in [0.25, 0.3) is 11.3 Å². The van der Waals surface area contributed by atoms with Crippen molar-refractivity contribution in [3.63, 3.8) is 0 Å². The number of ether oxygens (including phenoxy) is 2. The zero-order valence-corrected chi connectivity index (χ0v) is 13.2. The smallest absolute Gasteiger partial charge is 0.344 e. The number of aromatic amines is 1. The van der Waals surface area contributed by atoms with Gasteiger partial charge in [0.25, 0.3) is 0 Å². The Morgan fingerprint density at radius 3 is 3.10 bits per heavy atom. The van der Waals surface area contributed by atoms with Gasteiger partial charge in [0.15, 0.2) is 10.6 Å². The number of nitrogens with one attached hydrogen (secondary N) is 1. The summed E-state index contributed by atoms with van der Waals surface area (Å²) >= 11 is 6.86. The molecule has 0 unspecified atom stereocenters. The fraction of sp³-hybridized carbons (Fsp3) is 0.333. The third-order valence-corrected chi connectivity index (χ3v) is 4.65. The van der Waals surface area contributed by atoms with Crippen LogP contribution in [0.1, 0.15) is 17.4 Å². The first-order chi connectivity index (χ1) is 10.2. The van der Waals surface area contributed by atoms with E-state index in [4.69, 9.17) is 21.7 Å². The molecule has 0 saturated heterocycles. The summed E-state index contributed by atoms with van der Waals surface area (Å²) in [7, 11) is 0. The number of rotatable bonds is 4. The molecule has 1 aliphatic rings.